The molecule has 7 aliphatic rings. The van der Waals surface area contributed by atoms with Gasteiger partial charge in [0.15, 0.2) is 28.8 Å². The number of carbonyl (C=O) groups excluding carboxylic acids is 1. The summed E-state index contributed by atoms with van der Waals surface area (Å²) in [6, 6.07) is 15.4. The van der Waals surface area contributed by atoms with Crippen molar-refractivity contribution in [3.63, 3.8) is 0 Å². The largest absolute Gasteiger partial charge is 0.493 e. The highest BCUT2D eigenvalue weighted by molar-refractivity contribution is 5.90. The molecular weight excluding hydrogens is 833 g/mol. The Balaban J connectivity index is 1.11. The predicted octanol–water partition coefficient (Wildman–Crippen LogP) is 1.62. The van der Waals surface area contributed by atoms with Crippen LogP contribution in [0.15, 0.2) is 89.3 Å². The number of methoxy groups -OCH3 is 1. The maximum Gasteiger partial charge on any atom is 0.317 e. The Morgan fingerprint density at radius 3 is 2.67 bits per heavy atom. The fraction of sp³-hybridized carbons (Fsp3) is 0.413. The van der Waals surface area contributed by atoms with Gasteiger partial charge in [0.25, 0.3) is 0 Å². The number of fused-ring (bicyclic) bond motifs is 8. The summed E-state index contributed by atoms with van der Waals surface area (Å²) in [5.74, 6) is -1.01. The third-order valence-corrected chi connectivity index (χ3v) is 13.2. The van der Waals surface area contributed by atoms with Crippen molar-refractivity contribution in [1.29, 1.82) is 0 Å². The molecule has 1 saturated heterocycles. The molecule has 7 aliphatic heterocycles. The van der Waals surface area contributed by atoms with E-state index in [1.165, 1.54) is 19.4 Å². The van der Waals surface area contributed by atoms with E-state index in [0.717, 1.165) is 33.5 Å². The first-order valence-corrected chi connectivity index (χ1v) is 21.2. The van der Waals surface area contributed by atoms with Gasteiger partial charge in [-0.05, 0) is 48.4 Å². The maximum atomic E-state index is 12.8. The van der Waals surface area contributed by atoms with Gasteiger partial charge in [-0.3, -0.25) is 14.6 Å². The van der Waals surface area contributed by atoms with Crippen LogP contribution in [0.1, 0.15) is 52.7 Å². The number of carbonyl (C=O) groups is 2. The first-order valence-electron chi connectivity index (χ1n) is 21.2. The molecule has 7 heterocycles. The number of rotatable bonds is 11. The molecule has 10 rings (SSSR count). The lowest BCUT2D eigenvalue weighted by atomic mass is 9.73. The number of aliphatic imine (C=N–C) groups is 1. The van der Waals surface area contributed by atoms with Crippen LogP contribution in [0.25, 0.3) is 0 Å². The number of hydrogen-bond donors (Lipinski definition) is 7. The normalized spacial score (nSPS) is 31.2. The molecule has 3 aromatic rings. The summed E-state index contributed by atoms with van der Waals surface area (Å²) in [6.45, 7) is 0.651. The van der Waals surface area contributed by atoms with E-state index >= 15 is 0 Å². The van der Waals surface area contributed by atoms with Crippen LogP contribution >= 0.6 is 0 Å². The van der Waals surface area contributed by atoms with E-state index in [0.29, 0.717) is 48.1 Å². The Morgan fingerprint density at radius 2 is 1.91 bits per heavy atom. The van der Waals surface area contributed by atoms with E-state index in [2.05, 4.69) is 15.2 Å². The van der Waals surface area contributed by atoms with Gasteiger partial charge in [0.2, 0.25) is 12.0 Å². The van der Waals surface area contributed by atoms with Gasteiger partial charge < -0.3 is 74.6 Å². The molecule has 0 bridgehead atoms. The van der Waals surface area contributed by atoms with Crippen molar-refractivity contribution >= 4 is 18.2 Å². The summed E-state index contributed by atoms with van der Waals surface area (Å²) in [5, 5.41) is 58.1. The minimum absolute atomic E-state index is 0.00182. The van der Waals surface area contributed by atoms with Crippen LogP contribution in [0.3, 0.4) is 0 Å². The number of nitrogens with two attached hydrogens (primary N) is 1. The van der Waals surface area contributed by atoms with Gasteiger partial charge in [-0.15, -0.1) is 0 Å². The number of carboxylic acid groups (broad SMARTS) is 1. The van der Waals surface area contributed by atoms with Crippen LogP contribution in [-0.4, -0.2) is 124 Å². The number of aliphatic hydroxyl groups is 4. The number of aliphatic hydroxyl groups excluding tert-OH is 3. The van der Waals surface area contributed by atoms with Gasteiger partial charge in [-0.25, -0.2) is 0 Å². The van der Waals surface area contributed by atoms with Crippen molar-refractivity contribution in [3.05, 3.63) is 112 Å². The Morgan fingerprint density at radius 1 is 1.08 bits per heavy atom. The molecule has 0 aliphatic carbocycles. The lowest BCUT2D eigenvalue weighted by molar-refractivity contribution is -0.354. The zero-order valence-electron chi connectivity index (χ0n) is 34.7. The molecule has 18 heteroatoms. The number of nitrogens with one attached hydrogen (secondary N) is 1. The molecule has 0 radical (unpaired) electrons. The molecule has 8 N–H and O–H groups in total. The minimum Gasteiger partial charge on any atom is -0.493 e. The van der Waals surface area contributed by atoms with E-state index in [9.17, 15) is 35.1 Å². The summed E-state index contributed by atoms with van der Waals surface area (Å²) >= 11 is 0. The highest BCUT2D eigenvalue weighted by atomic mass is 16.7. The van der Waals surface area contributed by atoms with Gasteiger partial charge in [0.1, 0.15) is 55.1 Å². The second-order valence-corrected chi connectivity index (χ2v) is 16.9. The first-order chi connectivity index (χ1) is 30.9. The van der Waals surface area contributed by atoms with Crippen molar-refractivity contribution in [2.24, 2.45) is 10.7 Å². The Labute approximate surface area is 366 Å². The number of benzene rings is 3. The van der Waals surface area contributed by atoms with Crippen molar-refractivity contribution in [3.8, 4) is 28.7 Å². The predicted molar refractivity (Wildman–Crippen MR) is 224 cm³/mol. The number of aliphatic carboxylic acids is 1. The first kappa shape index (κ1) is 41.8. The van der Waals surface area contributed by atoms with Gasteiger partial charge in [-0.2, -0.15) is 0 Å². The lowest BCUT2D eigenvalue weighted by Gasteiger charge is -2.55. The molecule has 18 nitrogen and oxygen atoms in total. The van der Waals surface area contributed by atoms with Crippen molar-refractivity contribution in [2.45, 2.75) is 92.3 Å². The summed E-state index contributed by atoms with van der Waals surface area (Å²) in [5.41, 5.74) is 7.92. The Kier molecular flexibility index (Phi) is 10.5. The fourth-order valence-electron chi connectivity index (χ4n) is 10.2. The zero-order chi connectivity index (χ0) is 44.5. The van der Waals surface area contributed by atoms with Gasteiger partial charge in [-0.1, -0.05) is 36.4 Å². The number of nitrogens with zero attached hydrogens (tertiary/aromatic N) is 2. The maximum absolute atomic E-state index is 12.8. The molecule has 336 valence electrons. The molecular formula is C46H48N4O14. The van der Waals surface area contributed by atoms with Crippen LogP contribution < -0.4 is 34.7 Å². The van der Waals surface area contributed by atoms with E-state index in [1.54, 1.807) is 12.3 Å². The van der Waals surface area contributed by atoms with Crippen LogP contribution in [0.2, 0.25) is 0 Å². The standard InChI is InChI=1S/C46H48N4O14/c1-58-29-8-7-26-35-31(17-23-5-3-2-4-6-23)60-32-18-30-25(27(21-50-20-24-10-13-48-28(24)22-50)36(32)39(35)63-37(26)38(29)59-16-15-51)9-11-45(57)40(55)41(56)46(64-44(45)61-30)12-14-49-43(47)42(46)62-34(54)19-33(52)53/h2-8,10,12-14,18,22,31,35,39-44,49,51,55-57H,9,11,15-17,19-21,47H2,1H3,(H,52,53). The summed E-state index contributed by atoms with van der Waals surface area (Å²) < 4.78 is 44.7. The lowest BCUT2D eigenvalue weighted by Crippen LogP contribution is -2.77. The van der Waals surface area contributed by atoms with E-state index in [-0.39, 0.29) is 37.7 Å². The molecule has 0 aromatic heterocycles. The number of carboxylic acids is 1. The average Bonchev–Trinajstić information content (AvgIpc) is 3.97. The second-order valence-electron chi connectivity index (χ2n) is 16.9. The molecule has 1 fully saturated rings. The number of allylic oxidation sites excluding steroid dienone is 1. The van der Waals surface area contributed by atoms with Gasteiger partial charge in [0, 0.05) is 60.3 Å². The molecule has 10 atom stereocenters. The number of esters is 1. The number of ether oxygens (including phenoxy) is 7. The van der Waals surface area contributed by atoms with E-state index < -0.39 is 72.5 Å². The quantitative estimate of drug-likeness (QED) is 0.107. The fourth-order valence-corrected chi connectivity index (χ4v) is 10.2. The Hall–Kier alpha value is -6.15. The van der Waals surface area contributed by atoms with Crippen molar-refractivity contribution in [2.75, 3.05) is 26.9 Å². The van der Waals surface area contributed by atoms with Gasteiger partial charge >= 0.3 is 11.9 Å². The van der Waals surface area contributed by atoms with E-state index in [1.807, 2.05) is 54.7 Å². The van der Waals surface area contributed by atoms with Crippen LogP contribution in [0.4, 0.5) is 0 Å². The minimum atomic E-state index is -2.24. The van der Waals surface area contributed by atoms with Crippen LogP contribution in [-0.2, 0) is 38.4 Å². The molecule has 1 spiro atoms. The van der Waals surface area contributed by atoms with Crippen LogP contribution in [0.5, 0.6) is 28.7 Å². The summed E-state index contributed by atoms with van der Waals surface area (Å²) in [6.07, 6.45) is -1.68. The SMILES string of the molecule is COc1ccc2c(c1OCCO)OC1c3c(cc4c(c3CN3C=C5N=CC=C5C3)CCC3(O)C(O4)OC4(C=CNC(N)C4OC(=O)CC(=O)O)C(O)C3O)OC(Cc3ccccc3)C21. The summed E-state index contributed by atoms with van der Waals surface area (Å²) in [4.78, 5) is 30.8. The molecule has 3 aromatic carbocycles. The Bertz CT molecular complexity index is 2490. The zero-order valence-corrected chi connectivity index (χ0v) is 34.7. The van der Waals surface area contributed by atoms with E-state index in [4.69, 9.17) is 38.9 Å². The summed E-state index contributed by atoms with van der Waals surface area (Å²) in [7, 11) is 1.54. The third kappa shape index (κ3) is 6.83. The highest BCUT2D eigenvalue weighted by Gasteiger charge is 2.67. The van der Waals surface area contributed by atoms with Gasteiger partial charge in [0.05, 0.1) is 25.3 Å². The van der Waals surface area contributed by atoms with Crippen molar-refractivity contribution in [1.82, 2.24) is 10.2 Å². The smallest absolute Gasteiger partial charge is 0.317 e. The van der Waals surface area contributed by atoms with Crippen molar-refractivity contribution < 1.29 is 68.3 Å². The molecule has 10 unspecified atom stereocenters. The third-order valence-electron chi connectivity index (χ3n) is 13.2. The second kappa shape index (κ2) is 16.1. The molecule has 0 saturated carbocycles. The number of hydrogen-bond acceptors (Lipinski definition) is 17. The molecule has 0 amide bonds. The monoisotopic (exact) mass is 880 g/mol. The molecule has 64 heavy (non-hydrogen) atoms. The van der Waals surface area contributed by atoms with Crippen LogP contribution in [0, 0.1) is 0 Å². The topological polar surface area (TPSA) is 254 Å². The highest BCUT2D eigenvalue weighted by Crippen LogP contribution is 2.61. The average molecular weight is 881 g/mol.